The number of hydrogen-bond donors (Lipinski definition) is 1. The topological polar surface area (TPSA) is 17.8 Å². The molecule has 0 amide bonds. The Kier molecular flexibility index (Phi) is 4.02. The van der Waals surface area contributed by atoms with Crippen LogP contribution in [0, 0.1) is 0 Å². The molecule has 0 saturated carbocycles. The van der Waals surface area contributed by atoms with E-state index in [9.17, 15) is 8.78 Å². The van der Waals surface area contributed by atoms with Crippen LogP contribution in [0.1, 0.15) is 17.8 Å². The lowest BCUT2D eigenvalue weighted by atomic mass is 9.89. The highest BCUT2D eigenvalue weighted by atomic mass is 32.1. The minimum absolute atomic E-state index is 0.0769. The molecule has 1 aromatic carbocycles. The van der Waals surface area contributed by atoms with Crippen LogP contribution < -0.4 is 0 Å². The molecule has 2 heterocycles. The van der Waals surface area contributed by atoms with Crippen molar-refractivity contribution in [3.05, 3.63) is 78.0 Å². The molecular formula is C23H18F2N2S. The van der Waals surface area contributed by atoms with Gasteiger partial charge < -0.3 is 4.57 Å². The van der Waals surface area contributed by atoms with E-state index in [0.717, 1.165) is 43.9 Å². The SMILES string of the molecule is C=C1Cc2ncccc2-c2c1n(CC1=CC(F)=CCC1F)c1ccc(S)cc21. The van der Waals surface area contributed by atoms with Gasteiger partial charge in [-0.1, -0.05) is 12.6 Å². The summed E-state index contributed by atoms with van der Waals surface area (Å²) in [6.45, 7) is 4.57. The van der Waals surface area contributed by atoms with E-state index >= 15 is 0 Å². The zero-order valence-corrected chi connectivity index (χ0v) is 16.0. The highest BCUT2D eigenvalue weighted by Gasteiger charge is 2.28. The molecule has 0 radical (unpaired) electrons. The van der Waals surface area contributed by atoms with Crippen LogP contribution in [0.3, 0.4) is 0 Å². The Labute approximate surface area is 167 Å². The smallest absolute Gasteiger partial charge is 0.127 e. The van der Waals surface area contributed by atoms with E-state index in [1.807, 2.05) is 24.3 Å². The third kappa shape index (κ3) is 2.65. The van der Waals surface area contributed by atoms with Crippen molar-refractivity contribution in [2.24, 2.45) is 0 Å². The summed E-state index contributed by atoms with van der Waals surface area (Å²) in [6.07, 6.45) is 3.94. The van der Waals surface area contributed by atoms with Gasteiger partial charge in [-0.05, 0) is 47.6 Å². The summed E-state index contributed by atoms with van der Waals surface area (Å²) in [5, 5.41) is 1.03. The van der Waals surface area contributed by atoms with Crippen LogP contribution in [0.5, 0.6) is 0 Å². The van der Waals surface area contributed by atoms with E-state index in [1.54, 1.807) is 6.20 Å². The van der Waals surface area contributed by atoms with Gasteiger partial charge in [0.2, 0.25) is 0 Å². The fraction of sp³-hybridized carbons (Fsp3) is 0.174. The Morgan fingerprint density at radius 1 is 1.29 bits per heavy atom. The van der Waals surface area contributed by atoms with Gasteiger partial charge in [-0.3, -0.25) is 4.98 Å². The number of rotatable bonds is 2. The number of nitrogens with zero attached hydrogens (tertiary/aromatic N) is 2. The molecule has 1 unspecified atom stereocenters. The van der Waals surface area contributed by atoms with Gasteiger partial charge in [-0.2, -0.15) is 0 Å². The van der Waals surface area contributed by atoms with E-state index in [-0.39, 0.29) is 18.8 Å². The Morgan fingerprint density at radius 3 is 3.00 bits per heavy atom. The molecule has 2 aliphatic rings. The van der Waals surface area contributed by atoms with Gasteiger partial charge in [0.15, 0.2) is 0 Å². The molecule has 2 aliphatic carbocycles. The fourth-order valence-corrected chi connectivity index (χ4v) is 4.46. The van der Waals surface area contributed by atoms with Gasteiger partial charge in [-0.25, -0.2) is 8.78 Å². The van der Waals surface area contributed by atoms with Crippen LogP contribution in [0.25, 0.3) is 27.6 Å². The van der Waals surface area contributed by atoms with Crippen molar-refractivity contribution in [1.29, 1.82) is 0 Å². The normalized spacial score (nSPS) is 18.5. The summed E-state index contributed by atoms with van der Waals surface area (Å²) in [5.74, 6) is -0.375. The first-order chi connectivity index (χ1) is 13.5. The van der Waals surface area contributed by atoms with Crippen LogP contribution >= 0.6 is 12.6 Å². The fourth-order valence-electron chi connectivity index (χ4n) is 4.26. The zero-order valence-electron chi connectivity index (χ0n) is 15.1. The average Bonchev–Trinajstić information content (AvgIpc) is 2.99. The van der Waals surface area contributed by atoms with Crippen molar-refractivity contribution < 1.29 is 8.78 Å². The number of hydrogen-bond acceptors (Lipinski definition) is 2. The van der Waals surface area contributed by atoms with E-state index in [4.69, 9.17) is 0 Å². The standard InChI is InChI=1S/C23H18F2N2S/c1-13-9-20-17(3-2-8-26-20)22-18-11-16(28)5-7-21(18)27(23(13)22)12-14-10-15(24)4-6-19(14)25/h2-5,7-8,10-11,19,28H,1,6,9,12H2. The molecule has 28 heavy (non-hydrogen) atoms. The first kappa shape index (κ1) is 17.4. The summed E-state index contributed by atoms with van der Waals surface area (Å²) < 4.78 is 30.4. The number of allylic oxidation sites excluding steroid dienone is 5. The van der Waals surface area contributed by atoms with Crippen molar-refractivity contribution in [2.75, 3.05) is 0 Å². The Hall–Kier alpha value is -2.66. The molecule has 140 valence electrons. The summed E-state index contributed by atoms with van der Waals surface area (Å²) in [5.41, 5.74) is 6.40. The first-order valence-electron chi connectivity index (χ1n) is 9.20. The second kappa shape index (κ2) is 6.45. The number of benzene rings is 1. The molecule has 0 fully saturated rings. The number of halogens is 2. The van der Waals surface area contributed by atoms with E-state index in [0.29, 0.717) is 12.0 Å². The zero-order chi connectivity index (χ0) is 19.4. The first-order valence-corrected chi connectivity index (χ1v) is 9.65. The second-order valence-electron chi connectivity index (χ2n) is 7.30. The second-order valence-corrected chi connectivity index (χ2v) is 7.82. The molecule has 0 spiro atoms. The van der Waals surface area contributed by atoms with Gasteiger partial charge in [0.05, 0.1) is 11.4 Å². The van der Waals surface area contributed by atoms with Crippen LogP contribution in [-0.2, 0) is 13.0 Å². The van der Waals surface area contributed by atoms with Gasteiger partial charge in [0.1, 0.15) is 12.0 Å². The van der Waals surface area contributed by atoms with Crippen molar-refractivity contribution in [2.45, 2.75) is 30.5 Å². The van der Waals surface area contributed by atoms with Crippen molar-refractivity contribution in [3.63, 3.8) is 0 Å². The molecule has 0 N–H and O–H groups in total. The third-order valence-corrected chi connectivity index (χ3v) is 5.79. The molecule has 0 bridgehead atoms. The van der Waals surface area contributed by atoms with Gasteiger partial charge in [-0.15, -0.1) is 12.6 Å². The quantitative estimate of drug-likeness (QED) is 0.523. The molecule has 5 heteroatoms. The Morgan fingerprint density at radius 2 is 2.14 bits per heavy atom. The van der Waals surface area contributed by atoms with Crippen LogP contribution in [0.15, 0.2) is 71.6 Å². The molecule has 0 aliphatic heterocycles. The molecule has 1 atom stereocenters. The van der Waals surface area contributed by atoms with Crippen molar-refractivity contribution in [1.82, 2.24) is 9.55 Å². The number of alkyl halides is 1. The van der Waals surface area contributed by atoms with Crippen LogP contribution in [-0.4, -0.2) is 15.7 Å². The predicted octanol–water partition coefficient (Wildman–Crippen LogP) is 6.08. The maximum absolute atomic E-state index is 14.5. The van der Waals surface area contributed by atoms with E-state index in [2.05, 4.69) is 34.8 Å². The Bertz CT molecular complexity index is 1200. The highest BCUT2D eigenvalue weighted by Crippen LogP contribution is 2.45. The minimum Gasteiger partial charge on any atom is -0.336 e. The van der Waals surface area contributed by atoms with E-state index < -0.39 is 6.17 Å². The summed E-state index contributed by atoms with van der Waals surface area (Å²) in [4.78, 5) is 5.38. The van der Waals surface area contributed by atoms with E-state index in [1.165, 1.54) is 12.2 Å². The lowest BCUT2D eigenvalue weighted by Crippen LogP contribution is -2.16. The van der Waals surface area contributed by atoms with Crippen molar-refractivity contribution >= 4 is 29.1 Å². The highest BCUT2D eigenvalue weighted by molar-refractivity contribution is 7.80. The number of thiol groups is 1. The molecular weight excluding hydrogens is 374 g/mol. The molecule has 5 rings (SSSR count). The molecule has 2 nitrogen and oxygen atoms in total. The number of pyridine rings is 1. The maximum Gasteiger partial charge on any atom is 0.127 e. The van der Waals surface area contributed by atoms with Gasteiger partial charge >= 0.3 is 0 Å². The number of aromatic nitrogens is 2. The number of fused-ring (bicyclic) bond motifs is 5. The lowest BCUT2D eigenvalue weighted by Gasteiger charge is -2.22. The average molecular weight is 392 g/mol. The maximum atomic E-state index is 14.5. The predicted molar refractivity (Wildman–Crippen MR) is 112 cm³/mol. The van der Waals surface area contributed by atoms with Crippen molar-refractivity contribution in [3.8, 4) is 11.1 Å². The van der Waals surface area contributed by atoms with Crippen LogP contribution in [0.4, 0.5) is 8.78 Å². The Balaban J connectivity index is 1.79. The molecule has 0 saturated heterocycles. The minimum atomic E-state index is -1.18. The lowest BCUT2D eigenvalue weighted by molar-refractivity contribution is 0.364. The van der Waals surface area contributed by atoms with Gasteiger partial charge in [0, 0.05) is 52.5 Å². The largest absolute Gasteiger partial charge is 0.336 e. The monoisotopic (exact) mass is 392 g/mol. The summed E-state index contributed by atoms with van der Waals surface area (Å²) >= 11 is 4.51. The molecule has 3 aromatic rings. The molecule has 2 aromatic heterocycles. The van der Waals surface area contributed by atoms with Gasteiger partial charge in [0.25, 0.3) is 0 Å². The summed E-state index contributed by atoms with van der Waals surface area (Å²) in [6, 6.07) is 9.91. The van der Waals surface area contributed by atoms with Crippen LogP contribution in [0.2, 0.25) is 0 Å². The summed E-state index contributed by atoms with van der Waals surface area (Å²) in [7, 11) is 0. The third-order valence-electron chi connectivity index (χ3n) is 5.51.